The van der Waals surface area contributed by atoms with E-state index < -0.39 is 0 Å². The van der Waals surface area contributed by atoms with E-state index >= 15 is 0 Å². The van der Waals surface area contributed by atoms with Gasteiger partial charge >= 0.3 is 0 Å². The predicted molar refractivity (Wildman–Crippen MR) is 96.3 cm³/mol. The number of benzene rings is 2. The molecule has 0 radical (unpaired) electrons. The lowest BCUT2D eigenvalue weighted by Gasteiger charge is -2.18. The summed E-state index contributed by atoms with van der Waals surface area (Å²) in [4.78, 5) is -0.0591. The van der Waals surface area contributed by atoms with Crippen molar-refractivity contribution in [3.05, 3.63) is 42.0 Å². The quantitative estimate of drug-likeness (QED) is 0.624. The summed E-state index contributed by atoms with van der Waals surface area (Å²) in [6.07, 6.45) is 0. The van der Waals surface area contributed by atoms with E-state index in [1.54, 1.807) is 28.4 Å². The summed E-state index contributed by atoms with van der Waals surface area (Å²) < 4.78 is 27.3. The summed E-state index contributed by atoms with van der Waals surface area (Å²) in [6.45, 7) is 0.416. The smallest absolute Gasteiger partial charge is 0.203 e. The molecule has 6 heteroatoms. The molecule has 0 N–H and O–H groups in total. The van der Waals surface area contributed by atoms with E-state index in [2.05, 4.69) is 15.9 Å². The van der Waals surface area contributed by atoms with Crippen LogP contribution in [0, 0.1) is 0 Å². The highest BCUT2D eigenvalue weighted by molar-refractivity contribution is 9.09. The largest absolute Gasteiger partial charge is 0.493 e. The molecule has 0 aliphatic heterocycles. The Morgan fingerprint density at radius 1 is 0.792 bits per heavy atom. The fraction of sp³-hybridized carbons (Fsp3) is 0.333. The van der Waals surface area contributed by atoms with Crippen LogP contribution in [0.5, 0.6) is 28.7 Å². The molecule has 0 amide bonds. The van der Waals surface area contributed by atoms with Gasteiger partial charge in [0.05, 0.1) is 33.3 Å². The lowest BCUT2D eigenvalue weighted by atomic mass is 10.1. The molecule has 1 atom stereocenters. The zero-order valence-corrected chi connectivity index (χ0v) is 15.8. The van der Waals surface area contributed by atoms with Crippen molar-refractivity contribution < 1.29 is 23.7 Å². The van der Waals surface area contributed by atoms with Gasteiger partial charge in [0.2, 0.25) is 5.75 Å². The molecule has 0 aliphatic rings. The molecule has 2 aromatic rings. The van der Waals surface area contributed by atoms with E-state index in [1.165, 1.54) is 0 Å². The molecule has 0 saturated carbocycles. The number of rotatable bonds is 8. The van der Waals surface area contributed by atoms with Gasteiger partial charge in [-0.15, -0.1) is 0 Å². The molecule has 0 aromatic heterocycles. The van der Waals surface area contributed by atoms with E-state index in [4.69, 9.17) is 23.7 Å². The third kappa shape index (κ3) is 4.06. The van der Waals surface area contributed by atoms with Crippen LogP contribution in [0.4, 0.5) is 0 Å². The van der Waals surface area contributed by atoms with Crippen LogP contribution >= 0.6 is 15.9 Å². The lowest BCUT2D eigenvalue weighted by Crippen LogP contribution is -2.06. The Balaban J connectivity index is 2.19. The SMILES string of the molecule is COc1ccccc1OCC(Br)c1cc(OC)c(OC)c(OC)c1. The molecule has 24 heavy (non-hydrogen) atoms. The number of methoxy groups -OCH3 is 4. The van der Waals surface area contributed by atoms with Gasteiger partial charge in [0.15, 0.2) is 23.0 Å². The van der Waals surface area contributed by atoms with Crippen molar-refractivity contribution in [1.82, 2.24) is 0 Å². The van der Waals surface area contributed by atoms with Crippen LogP contribution in [0.15, 0.2) is 36.4 Å². The molecule has 2 aromatic carbocycles. The Kier molecular flexibility index (Phi) is 6.61. The minimum Gasteiger partial charge on any atom is -0.493 e. The van der Waals surface area contributed by atoms with Crippen LogP contribution in [-0.2, 0) is 0 Å². The van der Waals surface area contributed by atoms with Gasteiger partial charge in [-0.1, -0.05) is 28.1 Å². The summed E-state index contributed by atoms with van der Waals surface area (Å²) in [5.74, 6) is 3.16. The highest BCUT2D eigenvalue weighted by Gasteiger charge is 2.18. The number of ether oxygens (including phenoxy) is 5. The normalized spacial score (nSPS) is 11.5. The van der Waals surface area contributed by atoms with Crippen molar-refractivity contribution in [3.8, 4) is 28.7 Å². The first-order chi connectivity index (χ1) is 11.6. The van der Waals surface area contributed by atoms with Crippen LogP contribution in [0.1, 0.15) is 10.4 Å². The summed E-state index contributed by atoms with van der Waals surface area (Å²) in [5, 5.41) is 0. The van der Waals surface area contributed by atoms with Crippen LogP contribution in [-0.4, -0.2) is 35.0 Å². The number of alkyl halides is 1. The van der Waals surface area contributed by atoms with E-state index in [9.17, 15) is 0 Å². The predicted octanol–water partition coefficient (Wildman–Crippen LogP) is 4.24. The van der Waals surface area contributed by atoms with E-state index in [-0.39, 0.29) is 4.83 Å². The first kappa shape index (κ1) is 18.3. The van der Waals surface area contributed by atoms with Gasteiger partial charge in [0, 0.05) is 0 Å². The fourth-order valence-corrected chi connectivity index (χ4v) is 2.68. The summed E-state index contributed by atoms with van der Waals surface area (Å²) in [6, 6.07) is 11.3. The van der Waals surface area contributed by atoms with Crippen molar-refractivity contribution in [1.29, 1.82) is 0 Å². The van der Waals surface area contributed by atoms with Crippen molar-refractivity contribution in [2.45, 2.75) is 4.83 Å². The van der Waals surface area contributed by atoms with E-state index in [1.807, 2.05) is 36.4 Å². The number of hydrogen-bond acceptors (Lipinski definition) is 5. The van der Waals surface area contributed by atoms with Crippen molar-refractivity contribution in [3.63, 3.8) is 0 Å². The summed E-state index contributed by atoms with van der Waals surface area (Å²) >= 11 is 3.65. The number of halogens is 1. The van der Waals surface area contributed by atoms with Gasteiger partial charge in [-0.3, -0.25) is 0 Å². The minimum atomic E-state index is -0.0591. The highest BCUT2D eigenvalue weighted by atomic mass is 79.9. The van der Waals surface area contributed by atoms with E-state index in [0.29, 0.717) is 35.4 Å². The maximum Gasteiger partial charge on any atom is 0.203 e. The van der Waals surface area contributed by atoms with Crippen molar-refractivity contribution >= 4 is 15.9 Å². The highest BCUT2D eigenvalue weighted by Crippen LogP contribution is 2.41. The average Bonchev–Trinajstić information content (AvgIpc) is 2.64. The molecule has 0 aliphatic carbocycles. The molecule has 0 saturated heterocycles. The molecule has 0 heterocycles. The van der Waals surface area contributed by atoms with Crippen molar-refractivity contribution in [2.75, 3.05) is 35.0 Å². The van der Waals surface area contributed by atoms with Crippen LogP contribution < -0.4 is 23.7 Å². The Hall–Kier alpha value is -2.08. The average molecular weight is 397 g/mol. The first-order valence-corrected chi connectivity index (χ1v) is 8.26. The first-order valence-electron chi connectivity index (χ1n) is 7.34. The monoisotopic (exact) mass is 396 g/mol. The zero-order chi connectivity index (χ0) is 17.5. The third-order valence-corrected chi connectivity index (χ3v) is 4.30. The molecular formula is C18H21BrO5. The molecule has 0 bridgehead atoms. The molecule has 0 fully saturated rings. The van der Waals surface area contributed by atoms with Crippen LogP contribution in [0.3, 0.4) is 0 Å². The van der Waals surface area contributed by atoms with Crippen LogP contribution in [0.25, 0.3) is 0 Å². The van der Waals surface area contributed by atoms with Gasteiger partial charge < -0.3 is 23.7 Å². The number of para-hydroxylation sites is 2. The summed E-state index contributed by atoms with van der Waals surface area (Å²) in [5.41, 5.74) is 0.958. The molecule has 0 spiro atoms. The third-order valence-electron chi connectivity index (χ3n) is 3.50. The van der Waals surface area contributed by atoms with Gasteiger partial charge in [0.25, 0.3) is 0 Å². The zero-order valence-electron chi connectivity index (χ0n) is 14.2. The Bertz CT molecular complexity index is 649. The standard InChI is InChI=1S/C18H21BrO5/c1-20-14-7-5-6-8-15(14)24-11-13(19)12-9-16(21-2)18(23-4)17(10-12)22-3/h5-10,13H,11H2,1-4H3. The van der Waals surface area contributed by atoms with Crippen molar-refractivity contribution in [2.24, 2.45) is 0 Å². The minimum absolute atomic E-state index is 0.0591. The van der Waals surface area contributed by atoms with E-state index in [0.717, 1.165) is 5.56 Å². The second-order valence-electron chi connectivity index (χ2n) is 4.89. The molecule has 130 valence electrons. The molecular weight excluding hydrogens is 376 g/mol. The number of hydrogen-bond donors (Lipinski definition) is 0. The molecule has 2 rings (SSSR count). The second-order valence-corrected chi connectivity index (χ2v) is 5.99. The molecule has 5 nitrogen and oxygen atoms in total. The topological polar surface area (TPSA) is 46.2 Å². The lowest BCUT2D eigenvalue weighted by molar-refractivity contribution is 0.295. The molecule has 1 unspecified atom stereocenters. The maximum atomic E-state index is 5.86. The van der Waals surface area contributed by atoms with Gasteiger partial charge in [0.1, 0.15) is 6.61 Å². The summed E-state index contributed by atoms with van der Waals surface area (Å²) in [7, 11) is 6.38. The Morgan fingerprint density at radius 3 is 1.83 bits per heavy atom. The van der Waals surface area contributed by atoms with Gasteiger partial charge in [-0.2, -0.15) is 0 Å². The van der Waals surface area contributed by atoms with Crippen LogP contribution in [0.2, 0.25) is 0 Å². The fourth-order valence-electron chi connectivity index (χ4n) is 2.28. The van der Waals surface area contributed by atoms with Gasteiger partial charge in [-0.05, 0) is 29.8 Å². The maximum absolute atomic E-state index is 5.86. The Labute approximate surface area is 150 Å². The van der Waals surface area contributed by atoms with Gasteiger partial charge in [-0.25, -0.2) is 0 Å². The Morgan fingerprint density at radius 2 is 1.33 bits per heavy atom. The second kappa shape index (κ2) is 8.68.